The van der Waals surface area contributed by atoms with Crippen LogP contribution in [0.4, 0.5) is 0 Å². The third-order valence-electron chi connectivity index (χ3n) is 10.2. The summed E-state index contributed by atoms with van der Waals surface area (Å²) >= 11 is 0. The predicted molar refractivity (Wildman–Crippen MR) is 285 cm³/mol. The van der Waals surface area contributed by atoms with Crippen molar-refractivity contribution in [2.24, 2.45) is 5.73 Å². The van der Waals surface area contributed by atoms with E-state index in [-0.39, 0.29) is 82.8 Å². The molecule has 18 heteroatoms. The van der Waals surface area contributed by atoms with Crippen LogP contribution in [0, 0.1) is 0 Å². The number of methoxy groups -OCH3 is 3. The largest absolute Gasteiger partial charge is 0.508 e. The number of aliphatic hydroxyl groups is 7. The molecule has 73 heavy (non-hydrogen) atoms. The van der Waals surface area contributed by atoms with Crippen LogP contribution in [-0.4, -0.2) is 122 Å². The van der Waals surface area contributed by atoms with Crippen molar-refractivity contribution in [2.75, 3.05) is 61.1 Å². The lowest BCUT2D eigenvalue weighted by Gasteiger charge is -2.31. The van der Waals surface area contributed by atoms with Crippen molar-refractivity contribution in [2.45, 2.75) is 40.3 Å². The Morgan fingerprint density at radius 3 is 1.44 bits per heavy atom. The van der Waals surface area contributed by atoms with Gasteiger partial charge in [-0.25, -0.2) is 0 Å². The molecule has 18 nitrogen and oxygen atoms in total. The number of fused-ring (bicyclic) bond motifs is 1. The molecule has 5 aromatic rings. The van der Waals surface area contributed by atoms with E-state index in [1.165, 1.54) is 27.4 Å². The lowest BCUT2D eigenvalue weighted by Crippen LogP contribution is -2.32. The maximum atomic E-state index is 10.2. The molecule has 1 aliphatic rings. The van der Waals surface area contributed by atoms with E-state index in [0.717, 1.165) is 44.5 Å². The number of aliphatic hydroxyl groups excluding tert-OH is 7. The normalized spacial score (nSPS) is 11.9. The van der Waals surface area contributed by atoms with Gasteiger partial charge in [-0.15, -0.1) is 0 Å². The molecule has 0 amide bonds. The molecule has 0 aliphatic carbocycles. The maximum Gasteiger partial charge on any atom is 0.161 e. The zero-order valence-electron chi connectivity index (χ0n) is 40.8. The molecule has 0 aromatic heterocycles. The van der Waals surface area contributed by atoms with Crippen molar-refractivity contribution in [3.63, 3.8) is 0 Å². The van der Waals surface area contributed by atoms with E-state index in [0.29, 0.717) is 60.5 Å². The van der Waals surface area contributed by atoms with Crippen LogP contribution in [0.3, 0.4) is 0 Å². The molecule has 1 heterocycles. The molecule has 5 aromatic carbocycles. The Morgan fingerprint density at radius 1 is 0.507 bits per heavy atom. The summed E-state index contributed by atoms with van der Waals surface area (Å²) in [6.45, 7) is 1.25. The van der Waals surface area contributed by atoms with Crippen LogP contribution in [0.15, 0.2) is 103 Å². The van der Waals surface area contributed by atoms with Gasteiger partial charge in [-0.05, 0) is 99.6 Å². The molecule has 398 valence electrons. The Bertz CT molecular complexity index is 2510. The molecule has 6 rings (SSSR count). The van der Waals surface area contributed by atoms with Gasteiger partial charge in [-0.3, -0.25) is 4.90 Å². The average Bonchev–Trinajstić information content (AvgIpc) is 3.39. The molecule has 0 spiro atoms. The SMILES string of the molecule is C.COc1cc(/C=C/CO)c(CN)cc1O.COc1cc(/C=C/CO)c(CN2COc3c(CO)cc(/C=C/CO)cc3C2)cc1O.COc1cc(/C=C/CO)ccc1O.N.OC/C=C/c1ccc(O)c(CO)c1. The molecule has 1 aliphatic heterocycles. The van der Waals surface area contributed by atoms with Crippen LogP contribution in [0.5, 0.6) is 46.0 Å². The molecule has 0 saturated heterocycles. The number of hydrogen-bond acceptors (Lipinski definition) is 18. The van der Waals surface area contributed by atoms with Crippen molar-refractivity contribution in [3.05, 3.63) is 159 Å². The number of benzene rings is 5. The van der Waals surface area contributed by atoms with Crippen LogP contribution in [0.1, 0.15) is 63.1 Å². The first-order valence-electron chi connectivity index (χ1n) is 22.2. The Labute approximate surface area is 427 Å². The highest BCUT2D eigenvalue weighted by molar-refractivity contribution is 5.62. The lowest BCUT2D eigenvalue weighted by molar-refractivity contribution is 0.0858. The summed E-state index contributed by atoms with van der Waals surface area (Å²) in [7, 11) is 4.47. The maximum absolute atomic E-state index is 10.2. The summed E-state index contributed by atoms with van der Waals surface area (Å²) in [6.07, 6.45) is 16.9. The minimum absolute atomic E-state index is 0. The van der Waals surface area contributed by atoms with Crippen LogP contribution in [0.2, 0.25) is 0 Å². The van der Waals surface area contributed by atoms with Crippen LogP contribution < -0.4 is 30.8 Å². The van der Waals surface area contributed by atoms with E-state index in [1.807, 2.05) is 12.1 Å². The fourth-order valence-electron chi connectivity index (χ4n) is 6.85. The minimum atomic E-state index is -0.188. The van der Waals surface area contributed by atoms with E-state index < -0.39 is 0 Å². The number of aromatic hydroxyl groups is 4. The number of nitrogens with zero attached hydrogens (tertiary/aromatic N) is 1. The first kappa shape index (κ1) is 63.8. The second-order valence-corrected chi connectivity index (χ2v) is 15.1. The molecular weight excluding hydrogens is 943 g/mol. The van der Waals surface area contributed by atoms with Crippen molar-refractivity contribution < 1.29 is 75.1 Å². The standard InChI is InChI=1S/C23H27NO6.C11H15NO3.2C10H12O3.CH4.H3N/c1-29-22-11-17(5-3-7-26)18(10-21(22)28)12-24-13-19-8-16(4-2-6-25)9-20(14-27)23(19)30-15-24;1-15-11-6-8(3-2-4-13)9(7-12)5-10(11)14;1-13-10-7-8(3-2-6-11)4-5-9(10)12;11-5-1-2-8-3-4-10(13)9(6-8)7-12;;/h2-5,8-11,25-28H,6-7,12-15H2,1H3;2-3,5-6,13-14H,4,7,12H2,1H3;2-5,7,11-12H,6H2,1H3;1-4,6,11-13H,5,7H2;1H4;1H3/b4-2+,5-3+;2*3-2+;2-1+;;. The van der Waals surface area contributed by atoms with Gasteiger partial charge < -0.3 is 87.0 Å². The summed E-state index contributed by atoms with van der Waals surface area (Å²) in [5.41, 5.74) is 13.6. The summed E-state index contributed by atoms with van der Waals surface area (Å²) in [5.74, 6) is 2.19. The number of phenolic OH excluding ortho intramolecular Hbond substituents is 3. The van der Waals surface area contributed by atoms with Crippen molar-refractivity contribution in [1.29, 1.82) is 0 Å². The third kappa shape index (κ3) is 20.4. The van der Waals surface area contributed by atoms with E-state index in [1.54, 1.807) is 115 Å². The zero-order chi connectivity index (χ0) is 52.1. The molecular formula is C55H73N3O15. The third-order valence-corrected chi connectivity index (χ3v) is 10.2. The van der Waals surface area contributed by atoms with Gasteiger partial charge in [0.05, 0.1) is 67.6 Å². The van der Waals surface area contributed by atoms with Gasteiger partial charge in [0, 0.05) is 36.3 Å². The monoisotopic (exact) mass is 1020 g/mol. The second-order valence-electron chi connectivity index (χ2n) is 15.1. The van der Waals surface area contributed by atoms with Gasteiger partial charge in [0.25, 0.3) is 0 Å². The second kappa shape index (κ2) is 35.0. The smallest absolute Gasteiger partial charge is 0.161 e. The number of nitrogens with two attached hydrogens (primary N) is 1. The van der Waals surface area contributed by atoms with Crippen LogP contribution >= 0.6 is 0 Å². The Morgan fingerprint density at radius 2 is 0.945 bits per heavy atom. The van der Waals surface area contributed by atoms with Crippen LogP contribution in [0.25, 0.3) is 30.4 Å². The van der Waals surface area contributed by atoms with Crippen molar-refractivity contribution in [3.8, 4) is 46.0 Å². The van der Waals surface area contributed by atoms with E-state index in [9.17, 15) is 25.5 Å². The van der Waals surface area contributed by atoms with Gasteiger partial charge in [-0.1, -0.05) is 80.3 Å². The van der Waals surface area contributed by atoms with E-state index in [4.69, 9.17) is 55.3 Å². The van der Waals surface area contributed by atoms with E-state index in [2.05, 4.69) is 4.90 Å². The predicted octanol–water partition coefficient (Wildman–Crippen LogP) is 6.22. The number of hydrogen-bond donors (Lipinski definition) is 13. The Hall–Kier alpha value is -7.20. The molecule has 0 bridgehead atoms. The molecule has 16 N–H and O–H groups in total. The zero-order valence-corrected chi connectivity index (χ0v) is 40.8. The fourth-order valence-corrected chi connectivity index (χ4v) is 6.85. The Kier molecular flexibility index (Phi) is 30.6. The average molecular weight is 1020 g/mol. The first-order valence-corrected chi connectivity index (χ1v) is 22.2. The van der Waals surface area contributed by atoms with Gasteiger partial charge in [0.15, 0.2) is 34.5 Å². The summed E-state index contributed by atoms with van der Waals surface area (Å²) in [4.78, 5) is 2.07. The molecule has 0 radical (unpaired) electrons. The lowest BCUT2D eigenvalue weighted by atomic mass is 10.0. The molecule has 0 fully saturated rings. The molecule has 0 atom stereocenters. The minimum Gasteiger partial charge on any atom is -0.508 e. The molecule has 0 unspecified atom stereocenters. The summed E-state index contributed by atoms with van der Waals surface area (Å²) in [6, 6.07) is 20.3. The van der Waals surface area contributed by atoms with Crippen LogP contribution in [-0.2, 0) is 32.8 Å². The Balaban J connectivity index is 0.000000524. The number of rotatable bonds is 18. The van der Waals surface area contributed by atoms with E-state index >= 15 is 0 Å². The number of phenols is 4. The summed E-state index contributed by atoms with van der Waals surface area (Å²) in [5, 5.41) is 101. The van der Waals surface area contributed by atoms with Gasteiger partial charge in [0.2, 0.25) is 0 Å². The van der Waals surface area contributed by atoms with Gasteiger partial charge >= 0.3 is 0 Å². The topological polar surface area (TPSA) is 324 Å². The van der Waals surface area contributed by atoms with Crippen molar-refractivity contribution in [1.82, 2.24) is 11.1 Å². The first-order chi connectivity index (χ1) is 34.4. The highest BCUT2D eigenvalue weighted by Crippen LogP contribution is 2.35. The van der Waals surface area contributed by atoms with Gasteiger partial charge in [-0.2, -0.15) is 0 Å². The fraction of sp³-hybridized carbons (Fsp3) is 0.273. The molecule has 0 saturated carbocycles. The highest BCUT2D eigenvalue weighted by Gasteiger charge is 2.22. The summed E-state index contributed by atoms with van der Waals surface area (Å²) < 4.78 is 21.0. The van der Waals surface area contributed by atoms with Gasteiger partial charge in [0.1, 0.15) is 18.2 Å². The van der Waals surface area contributed by atoms with Crippen molar-refractivity contribution >= 4 is 30.4 Å². The number of ether oxygens (including phenoxy) is 4. The quantitative estimate of drug-likeness (QED) is 0.0463. The highest BCUT2D eigenvalue weighted by atomic mass is 16.5.